The van der Waals surface area contributed by atoms with Gasteiger partial charge in [-0.1, -0.05) is 29.3 Å². The van der Waals surface area contributed by atoms with E-state index in [0.29, 0.717) is 0 Å². The maximum Gasteiger partial charge on any atom is 0.0783 e. The molecule has 0 bridgehead atoms. The molecule has 0 radical (unpaired) electrons. The summed E-state index contributed by atoms with van der Waals surface area (Å²) < 4.78 is 0. The molecule has 1 N–H and O–H groups in total. The molecule has 1 aromatic heterocycles. The fourth-order valence-corrected chi connectivity index (χ4v) is 4.18. The number of fused-ring (bicyclic) bond motifs is 2. The van der Waals surface area contributed by atoms with Gasteiger partial charge in [-0.2, -0.15) is 0 Å². The van der Waals surface area contributed by atoms with E-state index in [-0.39, 0.29) is 6.04 Å². The predicted octanol–water partition coefficient (Wildman–Crippen LogP) is 3.48. The third kappa shape index (κ3) is 2.87. The molecule has 0 amide bonds. The van der Waals surface area contributed by atoms with Crippen molar-refractivity contribution in [2.45, 2.75) is 18.9 Å². The number of hydrogen-bond donors (Lipinski definition) is 1. The van der Waals surface area contributed by atoms with Crippen molar-refractivity contribution in [1.82, 2.24) is 15.2 Å². The summed E-state index contributed by atoms with van der Waals surface area (Å²) in [6, 6.07) is 8.33. The highest BCUT2D eigenvalue weighted by Crippen LogP contribution is 2.38. The van der Waals surface area contributed by atoms with Crippen molar-refractivity contribution in [3.63, 3.8) is 0 Å². The molecule has 1 aliphatic carbocycles. The molecule has 1 aromatic carbocycles. The highest BCUT2D eigenvalue weighted by atomic mass is 35.5. The number of halogens is 2. The summed E-state index contributed by atoms with van der Waals surface area (Å²) in [4.78, 5) is 7.25. The first-order valence-corrected chi connectivity index (χ1v) is 8.86. The molecule has 1 unspecified atom stereocenters. The van der Waals surface area contributed by atoms with Crippen molar-refractivity contribution in [3.05, 3.63) is 62.9 Å². The third-order valence-electron chi connectivity index (χ3n) is 4.85. The lowest BCUT2D eigenvalue weighted by molar-refractivity contribution is 0.195. The van der Waals surface area contributed by atoms with Gasteiger partial charge in [-0.25, -0.2) is 0 Å². The zero-order valence-corrected chi connectivity index (χ0v) is 14.4. The first kappa shape index (κ1) is 15.4. The van der Waals surface area contributed by atoms with Crippen LogP contribution in [0.1, 0.15) is 28.4 Å². The number of pyridine rings is 1. The molecule has 5 heteroatoms. The van der Waals surface area contributed by atoms with Gasteiger partial charge in [0.25, 0.3) is 0 Å². The number of aryl methyl sites for hydroxylation is 1. The standard InChI is InChI=1S/C18H19Cl2N3/c19-13-2-4-14-12(11-13)1-3-15-16(20)5-6-22-17(15)18(14)23-9-7-21-8-10-23/h2,4-6,11,18,21H,1,3,7-10H2. The predicted molar refractivity (Wildman–Crippen MR) is 94.4 cm³/mol. The topological polar surface area (TPSA) is 28.2 Å². The number of rotatable bonds is 1. The van der Waals surface area contributed by atoms with E-state index in [1.807, 2.05) is 18.3 Å². The van der Waals surface area contributed by atoms with E-state index in [1.165, 1.54) is 16.7 Å². The van der Waals surface area contributed by atoms with E-state index >= 15 is 0 Å². The number of nitrogens with one attached hydrogen (secondary N) is 1. The van der Waals surface area contributed by atoms with Crippen LogP contribution >= 0.6 is 23.2 Å². The Bertz CT molecular complexity index is 726. The molecule has 2 heterocycles. The van der Waals surface area contributed by atoms with Gasteiger partial charge >= 0.3 is 0 Å². The molecule has 120 valence electrons. The van der Waals surface area contributed by atoms with E-state index in [9.17, 15) is 0 Å². The number of piperazine rings is 1. The Morgan fingerprint density at radius 1 is 1.09 bits per heavy atom. The molecule has 1 aliphatic heterocycles. The summed E-state index contributed by atoms with van der Waals surface area (Å²) >= 11 is 12.7. The van der Waals surface area contributed by atoms with Crippen LogP contribution in [0.15, 0.2) is 30.5 Å². The second kappa shape index (κ2) is 6.40. The SMILES string of the molecule is Clc1ccc2c(c1)CCc1c(Cl)ccnc1C2N1CCNCC1. The number of hydrogen-bond acceptors (Lipinski definition) is 3. The Morgan fingerprint density at radius 3 is 2.74 bits per heavy atom. The van der Waals surface area contributed by atoms with Crippen LogP contribution in [0, 0.1) is 0 Å². The Balaban J connectivity index is 1.88. The summed E-state index contributed by atoms with van der Waals surface area (Å²) in [5.74, 6) is 0. The fourth-order valence-electron chi connectivity index (χ4n) is 3.74. The Kier molecular flexibility index (Phi) is 4.29. The van der Waals surface area contributed by atoms with Crippen LogP contribution in [0.3, 0.4) is 0 Å². The van der Waals surface area contributed by atoms with Crippen molar-refractivity contribution in [2.24, 2.45) is 0 Å². The highest BCUT2D eigenvalue weighted by molar-refractivity contribution is 6.31. The monoisotopic (exact) mass is 347 g/mol. The minimum Gasteiger partial charge on any atom is -0.314 e. The minimum absolute atomic E-state index is 0.167. The number of aromatic nitrogens is 1. The van der Waals surface area contributed by atoms with Crippen LogP contribution < -0.4 is 5.32 Å². The van der Waals surface area contributed by atoms with Crippen LogP contribution in [0.5, 0.6) is 0 Å². The van der Waals surface area contributed by atoms with E-state index in [1.54, 1.807) is 0 Å². The molecule has 1 fully saturated rings. The average Bonchev–Trinajstić information content (AvgIpc) is 2.73. The number of nitrogens with zero attached hydrogens (tertiary/aromatic N) is 2. The van der Waals surface area contributed by atoms with Crippen molar-refractivity contribution < 1.29 is 0 Å². The highest BCUT2D eigenvalue weighted by Gasteiger charge is 2.31. The first-order chi connectivity index (χ1) is 11.2. The lowest BCUT2D eigenvalue weighted by Gasteiger charge is -2.35. The maximum atomic E-state index is 6.50. The lowest BCUT2D eigenvalue weighted by Crippen LogP contribution is -2.45. The normalized spacial score (nSPS) is 21.4. The average molecular weight is 348 g/mol. The first-order valence-electron chi connectivity index (χ1n) is 8.10. The van der Waals surface area contributed by atoms with Crippen molar-refractivity contribution in [3.8, 4) is 0 Å². The van der Waals surface area contributed by atoms with Crippen LogP contribution in [0.4, 0.5) is 0 Å². The summed E-state index contributed by atoms with van der Waals surface area (Å²) in [5, 5.41) is 5.06. The van der Waals surface area contributed by atoms with Crippen LogP contribution in [-0.2, 0) is 12.8 Å². The van der Waals surface area contributed by atoms with Crippen molar-refractivity contribution in [1.29, 1.82) is 0 Å². The smallest absolute Gasteiger partial charge is 0.0783 e. The largest absolute Gasteiger partial charge is 0.314 e. The second-order valence-electron chi connectivity index (χ2n) is 6.19. The lowest BCUT2D eigenvalue weighted by atomic mass is 9.96. The molecule has 4 rings (SSSR count). The minimum atomic E-state index is 0.167. The molecule has 3 nitrogen and oxygen atoms in total. The molecule has 1 saturated heterocycles. The van der Waals surface area contributed by atoms with Gasteiger partial charge in [0.1, 0.15) is 0 Å². The van der Waals surface area contributed by atoms with Gasteiger partial charge in [-0.05, 0) is 47.7 Å². The molecule has 23 heavy (non-hydrogen) atoms. The Labute approximate surface area is 146 Å². The Morgan fingerprint density at radius 2 is 1.91 bits per heavy atom. The summed E-state index contributed by atoms with van der Waals surface area (Å²) in [6.07, 6.45) is 3.70. The van der Waals surface area contributed by atoms with E-state index in [0.717, 1.165) is 54.8 Å². The van der Waals surface area contributed by atoms with Gasteiger partial charge in [0, 0.05) is 42.4 Å². The van der Waals surface area contributed by atoms with Gasteiger partial charge in [-0.3, -0.25) is 9.88 Å². The summed E-state index contributed by atoms with van der Waals surface area (Å²) in [5.41, 5.74) is 4.94. The van der Waals surface area contributed by atoms with Crippen LogP contribution in [0.2, 0.25) is 10.0 Å². The number of benzene rings is 1. The Hall–Kier alpha value is -1.13. The fraction of sp³-hybridized carbons (Fsp3) is 0.389. The van der Waals surface area contributed by atoms with E-state index < -0.39 is 0 Å². The molecule has 0 spiro atoms. The van der Waals surface area contributed by atoms with E-state index in [4.69, 9.17) is 28.2 Å². The molecule has 2 aromatic rings. The molecule has 1 atom stereocenters. The van der Waals surface area contributed by atoms with Gasteiger partial charge in [0.05, 0.1) is 11.7 Å². The maximum absolute atomic E-state index is 6.50. The van der Waals surface area contributed by atoms with Gasteiger partial charge in [0.2, 0.25) is 0 Å². The quantitative estimate of drug-likeness (QED) is 0.855. The molecular weight excluding hydrogens is 329 g/mol. The summed E-state index contributed by atoms with van der Waals surface area (Å²) in [7, 11) is 0. The molecule has 0 saturated carbocycles. The van der Waals surface area contributed by atoms with Gasteiger partial charge in [0.15, 0.2) is 0 Å². The molecular formula is C18H19Cl2N3. The van der Waals surface area contributed by atoms with Crippen molar-refractivity contribution >= 4 is 23.2 Å². The van der Waals surface area contributed by atoms with Gasteiger partial charge in [-0.15, -0.1) is 0 Å². The molecule has 2 aliphatic rings. The third-order valence-corrected chi connectivity index (χ3v) is 5.44. The van der Waals surface area contributed by atoms with Crippen LogP contribution in [-0.4, -0.2) is 36.1 Å². The van der Waals surface area contributed by atoms with E-state index in [2.05, 4.69) is 22.3 Å². The zero-order chi connectivity index (χ0) is 15.8. The second-order valence-corrected chi connectivity index (χ2v) is 7.03. The van der Waals surface area contributed by atoms with Crippen molar-refractivity contribution in [2.75, 3.05) is 26.2 Å². The summed E-state index contributed by atoms with van der Waals surface area (Å²) in [6.45, 7) is 4.05. The van der Waals surface area contributed by atoms with Crippen LogP contribution in [0.25, 0.3) is 0 Å². The van der Waals surface area contributed by atoms with Gasteiger partial charge < -0.3 is 5.32 Å². The zero-order valence-electron chi connectivity index (χ0n) is 12.9.